The van der Waals surface area contributed by atoms with Crippen molar-refractivity contribution in [3.8, 4) is 0 Å². The number of hydrogen-bond donors (Lipinski definition) is 2. The van der Waals surface area contributed by atoms with Crippen LogP contribution in [0.1, 0.15) is 45.4 Å². The number of carbonyl (C=O) groups excluding carboxylic acids is 1. The van der Waals surface area contributed by atoms with E-state index in [9.17, 15) is 4.79 Å². The molecule has 3 nitrogen and oxygen atoms in total. The highest BCUT2D eigenvalue weighted by atomic mass is 16.1. The van der Waals surface area contributed by atoms with Gasteiger partial charge in [0.25, 0.3) is 0 Å². The first-order valence-corrected chi connectivity index (χ1v) is 4.73. The summed E-state index contributed by atoms with van der Waals surface area (Å²) < 4.78 is 0. The minimum Gasteiger partial charge on any atom is -0.368 e. The molecule has 0 radical (unpaired) electrons. The number of carbonyl (C=O) groups is 1. The first kappa shape index (κ1) is 11.4. The van der Waals surface area contributed by atoms with Crippen LogP contribution in [0.5, 0.6) is 0 Å². The molecule has 1 atom stereocenters. The highest BCUT2D eigenvalue weighted by Crippen LogP contribution is 2.05. The summed E-state index contributed by atoms with van der Waals surface area (Å²) in [6.07, 6.45) is 6.66. The number of amides is 1. The molecular weight excluding hydrogens is 152 g/mol. The fourth-order valence-corrected chi connectivity index (χ4v) is 1.11. The molecule has 0 bridgehead atoms. The predicted molar refractivity (Wildman–Crippen MR) is 50.5 cm³/mol. The summed E-state index contributed by atoms with van der Waals surface area (Å²) in [5, 5.41) is 0. The van der Waals surface area contributed by atoms with Crippen LogP contribution in [0.3, 0.4) is 0 Å². The molecule has 0 heterocycles. The van der Waals surface area contributed by atoms with Gasteiger partial charge in [0.15, 0.2) is 0 Å². The third-order valence-electron chi connectivity index (χ3n) is 1.98. The van der Waals surface area contributed by atoms with Crippen LogP contribution in [-0.4, -0.2) is 11.9 Å². The van der Waals surface area contributed by atoms with Crippen molar-refractivity contribution in [3.05, 3.63) is 0 Å². The van der Waals surface area contributed by atoms with Crippen LogP contribution in [-0.2, 0) is 4.79 Å². The zero-order valence-electron chi connectivity index (χ0n) is 7.88. The molecule has 0 saturated carbocycles. The third kappa shape index (κ3) is 6.16. The summed E-state index contributed by atoms with van der Waals surface area (Å²) >= 11 is 0. The van der Waals surface area contributed by atoms with E-state index in [0.29, 0.717) is 0 Å². The van der Waals surface area contributed by atoms with Crippen molar-refractivity contribution < 1.29 is 4.79 Å². The molecule has 0 aliphatic heterocycles. The molecule has 0 spiro atoms. The monoisotopic (exact) mass is 172 g/mol. The normalized spacial score (nSPS) is 12.8. The molecule has 1 unspecified atom stereocenters. The van der Waals surface area contributed by atoms with Crippen LogP contribution >= 0.6 is 0 Å². The van der Waals surface area contributed by atoms with Crippen molar-refractivity contribution in [2.24, 2.45) is 11.5 Å². The predicted octanol–water partition coefficient (Wildman–Crippen LogP) is 1.16. The van der Waals surface area contributed by atoms with Gasteiger partial charge >= 0.3 is 0 Å². The van der Waals surface area contributed by atoms with Crippen molar-refractivity contribution >= 4 is 5.91 Å². The fourth-order valence-electron chi connectivity index (χ4n) is 1.11. The molecule has 0 rings (SSSR count). The Balaban J connectivity index is 3.14. The Morgan fingerprint density at radius 3 is 2.33 bits per heavy atom. The topological polar surface area (TPSA) is 69.1 Å². The Hall–Kier alpha value is -0.570. The minimum atomic E-state index is -0.438. The minimum absolute atomic E-state index is 0.384. The van der Waals surface area contributed by atoms with E-state index in [0.717, 1.165) is 19.3 Å². The molecule has 0 aromatic carbocycles. The Labute approximate surface area is 74.5 Å². The lowest BCUT2D eigenvalue weighted by Crippen LogP contribution is -2.36. The second kappa shape index (κ2) is 7.10. The van der Waals surface area contributed by atoms with Gasteiger partial charge in [0.2, 0.25) is 5.91 Å². The van der Waals surface area contributed by atoms with Crippen LogP contribution < -0.4 is 11.5 Å². The highest BCUT2D eigenvalue weighted by Gasteiger charge is 2.07. The third-order valence-corrected chi connectivity index (χ3v) is 1.98. The summed E-state index contributed by atoms with van der Waals surface area (Å²) in [5.74, 6) is -0.384. The first-order valence-electron chi connectivity index (χ1n) is 4.73. The lowest BCUT2D eigenvalue weighted by molar-refractivity contribution is -0.119. The lowest BCUT2D eigenvalue weighted by Gasteiger charge is -2.05. The van der Waals surface area contributed by atoms with Gasteiger partial charge in [0, 0.05) is 0 Å². The zero-order chi connectivity index (χ0) is 9.40. The Morgan fingerprint density at radius 2 is 1.83 bits per heavy atom. The lowest BCUT2D eigenvalue weighted by atomic mass is 10.1. The first-order chi connectivity index (χ1) is 5.68. The van der Waals surface area contributed by atoms with Gasteiger partial charge in [0.05, 0.1) is 6.04 Å². The van der Waals surface area contributed by atoms with E-state index < -0.39 is 6.04 Å². The second-order valence-electron chi connectivity index (χ2n) is 3.21. The smallest absolute Gasteiger partial charge is 0.234 e. The molecule has 0 aliphatic rings. The number of unbranched alkanes of at least 4 members (excludes halogenated alkanes) is 4. The van der Waals surface area contributed by atoms with E-state index >= 15 is 0 Å². The Morgan fingerprint density at radius 1 is 1.25 bits per heavy atom. The summed E-state index contributed by atoms with van der Waals surface area (Å²) in [4.78, 5) is 10.5. The van der Waals surface area contributed by atoms with E-state index in [1.54, 1.807) is 0 Å². The summed E-state index contributed by atoms with van der Waals surface area (Å²) in [6.45, 7) is 2.18. The van der Waals surface area contributed by atoms with Crippen molar-refractivity contribution in [2.75, 3.05) is 0 Å². The molecular formula is C9H20N2O. The average molecular weight is 172 g/mol. The molecule has 0 aromatic rings. The molecule has 0 aliphatic carbocycles. The summed E-state index contributed by atoms with van der Waals surface area (Å²) in [6, 6.07) is -0.438. The van der Waals surface area contributed by atoms with Crippen molar-refractivity contribution in [1.29, 1.82) is 0 Å². The second-order valence-corrected chi connectivity index (χ2v) is 3.21. The highest BCUT2D eigenvalue weighted by molar-refractivity contribution is 5.79. The van der Waals surface area contributed by atoms with Gasteiger partial charge in [-0.25, -0.2) is 0 Å². The summed E-state index contributed by atoms with van der Waals surface area (Å²) in [7, 11) is 0. The molecule has 12 heavy (non-hydrogen) atoms. The van der Waals surface area contributed by atoms with Gasteiger partial charge in [-0.15, -0.1) is 0 Å². The van der Waals surface area contributed by atoms with E-state index in [-0.39, 0.29) is 5.91 Å². The van der Waals surface area contributed by atoms with E-state index in [1.165, 1.54) is 19.3 Å². The summed E-state index contributed by atoms with van der Waals surface area (Å²) in [5.41, 5.74) is 10.5. The van der Waals surface area contributed by atoms with Gasteiger partial charge in [-0.1, -0.05) is 39.0 Å². The molecule has 1 amide bonds. The molecule has 4 N–H and O–H groups in total. The van der Waals surface area contributed by atoms with Gasteiger partial charge in [0.1, 0.15) is 0 Å². The van der Waals surface area contributed by atoms with Crippen molar-refractivity contribution in [1.82, 2.24) is 0 Å². The van der Waals surface area contributed by atoms with Gasteiger partial charge in [-0.3, -0.25) is 4.79 Å². The maximum Gasteiger partial charge on any atom is 0.234 e. The molecule has 0 aromatic heterocycles. The average Bonchev–Trinajstić information content (AvgIpc) is 2.03. The molecule has 0 saturated heterocycles. The Bertz CT molecular complexity index is 126. The van der Waals surface area contributed by atoms with Gasteiger partial charge in [-0.2, -0.15) is 0 Å². The van der Waals surface area contributed by atoms with Crippen LogP contribution in [0.2, 0.25) is 0 Å². The quantitative estimate of drug-likeness (QED) is 0.566. The van der Waals surface area contributed by atoms with Crippen LogP contribution in [0.4, 0.5) is 0 Å². The van der Waals surface area contributed by atoms with Crippen LogP contribution in [0, 0.1) is 0 Å². The maximum atomic E-state index is 10.5. The van der Waals surface area contributed by atoms with Gasteiger partial charge in [-0.05, 0) is 6.42 Å². The Kier molecular flexibility index (Phi) is 6.76. The SMILES string of the molecule is CCCCCCCC(N)C(N)=O. The number of hydrogen-bond acceptors (Lipinski definition) is 2. The molecule has 0 fully saturated rings. The largest absolute Gasteiger partial charge is 0.368 e. The van der Waals surface area contributed by atoms with Crippen molar-refractivity contribution in [3.63, 3.8) is 0 Å². The van der Waals surface area contributed by atoms with Crippen LogP contribution in [0.15, 0.2) is 0 Å². The fraction of sp³-hybridized carbons (Fsp3) is 0.889. The molecule has 72 valence electrons. The van der Waals surface area contributed by atoms with Gasteiger partial charge < -0.3 is 11.5 Å². The van der Waals surface area contributed by atoms with E-state index in [2.05, 4.69) is 6.92 Å². The van der Waals surface area contributed by atoms with E-state index in [1.807, 2.05) is 0 Å². The van der Waals surface area contributed by atoms with Crippen LogP contribution in [0.25, 0.3) is 0 Å². The standard InChI is InChI=1S/C9H20N2O/c1-2-3-4-5-6-7-8(10)9(11)12/h8H,2-7,10H2,1H3,(H2,11,12). The zero-order valence-corrected chi connectivity index (χ0v) is 7.88. The van der Waals surface area contributed by atoms with E-state index in [4.69, 9.17) is 11.5 Å². The number of primary amides is 1. The number of nitrogens with two attached hydrogens (primary N) is 2. The van der Waals surface area contributed by atoms with Crippen molar-refractivity contribution in [2.45, 2.75) is 51.5 Å². The maximum absolute atomic E-state index is 10.5. The number of rotatable bonds is 7. The molecule has 3 heteroatoms.